The molecule has 0 spiro atoms. The van der Waals surface area contributed by atoms with Gasteiger partial charge in [0.1, 0.15) is 0 Å². The first kappa shape index (κ1) is 37.3. The Morgan fingerprint density at radius 2 is 0.743 bits per heavy atom. The third-order valence-corrected chi connectivity index (χ3v) is 7.04. The zero-order valence-corrected chi connectivity index (χ0v) is 23.9. The van der Waals surface area contributed by atoms with Crippen molar-refractivity contribution in [1.82, 2.24) is 0 Å². The van der Waals surface area contributed by atoms with Crippen LogP contribution in [-0.2, 0) is 10.1 Å². The van der Waals surface area contributed by atoms with E-state index in [4.69, 9.17) is 4.55 Å². The molecule has 0 unspecified atom stereocenters. The first-order chi connectivity index (χ1) is 15.4. The van der Waals surface area contributed by atoms with Gasteiger partial charge >= 0.3 is 42.5 Å². The molecule has 14 heteroatoms. The van der Waals surface area contributed by atoms with Crippen molar-refractivity contribution in [1.29, 1.82) is 0 Å². The monoisotopic (exact) mass is 665 g/mol. The molecule has 0 fully saturated rings. The van der Waals surface area contributed by atoms with Crippen LogP contribution in [0, 0.1) is 0 Å². The Labute approximate surface area is 206 Å². The van der Waals surface area contributed by atoms with Crippen LogP contribution in [0.25, 0.3) is 0 Å². The second-order valence-corrected chi connectivity index (χ2v) is 17.1. The van der Waals surface area contributed by atoms with E-state index in [2.05, 4.69) is 0 Å². The van der Waals surface area contributed by atoms with E-state index in [1.54, 1.807) is 13.8 Å². The SMILES string of the molecule is CC(C)(CCCCCCCCCCCCCCCCCC(F)(F)F)S(=O)(=O)O.[F][Sb-]([F])([F])([F])([F])[F]. The average Bonchev–Trinajstić information content (AvgIpc) is 2.59. The fourth-order valence-electron chi connectivity index (χ4n) is 3.30. The van der Waals surface area contributed by atoms with E-state index in [-0.39, 0.29) is 6.42 Å². The van der Waals surface area contributed by atoms with Gasteiger partial charge in [-0.15, -0.1) is 0 Å². The van der Waals surface area contributed by atoms with Crippen LogP contribution in [0.15, 0.2) is 0 Å². The van der Waals surface area contributed by atoms with Crippen LogP contribution in [-0.4, -0.2) is 43.4 Å². The van der Waals surface area contributed by atoms with Crippen molar-refractivity contribution < 1.29 is 43.0 Å². The molecule has 0 saturated carbocycles. The van der Waals surface area contributed by atoms with Gasteiger partial charge in [-0.2, -0.15) is 21.6 Å². The van der Waals surface area contributed by atoms with Gasteiger partial charge in [-0.05, 0) is 26.7 Å². The predicted molar refractivity (Wildman–Crippen MR) is 123 cm³/mol. The number of unbranched alkanes of at least 4 members (excludes halogenated alkanes) is 14. The second-order valence-electron chi connectivity index (χ2n) is 9.61. The van der Waals surface area contributed by atoms with E-state index in [1.807, 2.05) is 0 Å². The molecule has 0 heterocycles. The molecule has 0 amide bonds. The zero-order chi connectivity index (χ0) is 27.9. The summed E-state index contributed by atoms with van der Waals surface area (Å²) in [7, 11) is -3.97. The Balaban J connectivity index is 0. The molecule has 0 bridgehead atoms. The van der Waals surface area contributed by atoms with Gasteiger partial charge in [0.25, 0.3) is 10.1 Å². The van der Waals surface area contributed by atoms with Gasteiger partial charge in [-0.3, -0.25) is 4.55 Å². The molecule has 0 atom stereocenters. The van der Waals surface area contributed by atoms with E-state index in [0.29, 0.717) is 12.8 Å². The Hall–Kier alpha value is 0.0982. The fourth-order valence-corrected chi connectivity index (χ4v) is 3.71. The standard InChI is InChI=1S/C21H41F3O3S.6FH.Sb/c1-20(2,28(25,26)27)18-16-14-12-10-8-6-4-3-5-7-9-11-13-15-17-19-21(22,23)24;;;;;;;/h3-19H2,1-2H3,(H,25,26,27);6*1H;/q;;;;;;;+5/p-6. The summed E-state index contributed by atoms with van der Waals surface area (Å²) in [6.07, 6.45) is 11.3. The van der Waals surface area contributed by atoms with Crippen molar-refractivity contribution in [3.05, 3.63) is 0 Å². The summed E-state index contributed by atoms with van der Waals surface area (Å²) in [5.74, 6) is 0. The molecule has 0 aliphatic carbocycles. The maximum atomic E-state index is 12.0. The molecule has 0 saturated heterocycles. The molecule has 218 valence electrons. The summed E-state index contributed by atoms with van der Waals surface area (Å²) in [4.78, 5) is 0. The van der Waals surface area contributed by atoms with Crippen LogP contribution in [0.5, 0.6) is 0 Å². The summed E-state index contributed by atoms with van der Waals surface area (Å²) in [5.41, 5.74) is 0. The molecule has 3 nitrogen and oxygen atoms in total. The van der Waals surface area contributed by atoms with Gasteiger partial charge in [-0.25, -0.2) is 0 Å². The summed E-state index contributed by atoms with van der Waals surface area (Å²) in [5, 5.41) is 0. The number of halogens is 9. The fraction of sp³-hybridized carbons (Fsp3) is 1.00. The van der Waals surface area contributed by atoms with Gasteiger partial charge in [0.2, 0.25) is 0 Å². The molecule has 35 heavy (non-hydrogen) atoms. The van der Waals surface area contributed by atoms with Crippen molar-refractivity contribution in [2.45, 2.75) is 134 Å². The topological polar surface area (TPSA) is 54.4 Å². The zero-order valence-electron chi connectivity index (χ0n) is 20.5. The van der Waals surface area contributed by atoms with Crippen LogP contribution in [0.1, 0.15) is 123 Å². The van der Waals surface area contributed by atoms with Crippen molar-refractivity contribution in [2.75, 3.05) is 0 Å². The quantitative estimate of drug-likeness (QED) is 0.0686. The van der Waals surface area contributed by atoms with E-state index in [9.17, 15) is 38.5 Å². The van der Waals surface area contributed by atoms with Crippen LogP contribution in [0.4, 0.5) is 30.0 Å². The van der Waals surface area contributed by atoms with Crippen LogP contribution >= 0.6 is 0 Å². The van der Waals surface area contributed by atoms with Crippen molar-refractivity contribution in [2.24, 2.45) is 0 Å². The molecular formula is C21H41F9O3SSb-. The summed E-state index contributed by atoms with van der Waals surface area (Å²) in [6.45, 7) is 3.13. The third-order valence-electron chi connectivity index (χ3n) is 5.44. The van der Waals surface area contributed by atoms with Gasteiger partial charge in [-0.1, -0.05) is 89.9 Å². The van der Waals surface area contributed by atoms with Crippen LogP contribution in [0.3, 0.4) is 0 Å². The Bertz CT molecular complexity index is 650. The van der Waals surface area contributed by atoms with Gasteiger partial charge < -0.3 is 0 Å². The molecule has 0 radical (unpaired) electrons. The van der Waals surface area contributed by atoms with E-state index in [0.717, 1.165) is 38.5 Å². The minimum atomic E-state index is -11.2. The molecule has 0 aromatic rings. The molecule has 0 rings (SSSR count). The number of hydrogen-bond acceptors (Lipinski definition) is 2. The summed E-state index contributed by atoms with van der Waals surface area (Å²) < 4.78 is 126. The maximum absolute atomic E-state index is 12.0. The number of hydrogen-bond donors (Lipinski definition) is 1. The van der Waals surface area contributed by atoms with Gasteiger partial charge in [0.15, 0.2) is 0 Å². The molecule has 0 aromatic heterocycles. The van der Waals surface area contributed by atoms with Gasteiger partial charge in [0, 0.05) is 6.42 Å². The van der Waals surface area contributed by atoms with Crippen molar-refractivity contribution in [3.8, 4) is 0 Å². The first-order valence-corrected chi connectivity index (χ1v) is 19.2. The summed E-state index contributed by atoms with van der Waals surface area (Å²) >= 11 is -11.2. The predicted octanol–water partition coefficient (Wildman–Crippen LogP) is 9.99. The van der Waals surface area contributed by atoms with E-state index in [1.165, 1.54) is 44.9 Å². The van der Waals surface area contributed by atoms with E-state index < -0.39 is 46.9 Å². The average molecular weight is 666 g/mol. The van der Waals surface area contributed by atoms with Crippen LogP contribution in [0.2, 0.25) is 0 Å². The molecular weight excluding hydrogens is 625 g/mol. The molecule has 1 N–H and O–H groups in total. The Morgan fingerprint density at radius 1 is 0.543 bits per heavy atom. The second kappa shape index (κ2) is 14.9. The van der Waals surface area contributed by atoms with Gasteiger partial charge in [0.05, 0.1) is 4.75 Å². The van der Waals surface area contributed by atoms with E-state index >= 15 is 0 Å². The number of alkyl halides is 3. The third kappa shape index (κ3) is 36.3. The normalized spacial score (nSPS) is 15.2. The minimum absolute atomic E-state index is 0.266. The van der Waals surface area contributed by atoms with Crippen LogP contribution < -0.4 is 0 Å². The summed E-state index contributed by atoms with van der Waals surface area (Å²) in [6, 6.07) is 0. The molecule has 0 aliphatic rings. The Kier molecular flexibility index (Phi) is 15.8. The first-order valence-electron chi connectivity index (χ1n) is 12.0. The van der Waals surface area contributed by atoms with Crippen molar-refractivity contribution in [3.63, 3.8) is 0 Å². The molecule has 0 aromatic carbocycles. The number of rotatable bonds is 18. The Morgan fingerprint density at radius 3 is 0.943 bits per heavy atom. The molecule has 0 aliphatic heterocycles. The van der Waals surface area contributed by atoms with Crippen molar-refractivity contribution >= 4 is 29.6 Å².